The maximum absolute atomic E-state index is 13.2. The molecule has 1 aromatic carbocycles. The topological polar surface area (TPSA) is 46.3 Å². The summed E-state index contributed by atoms with van der Waals surface area (Å²) in [6.45, 7) is 0.291. The van der Waals surface area contributed by atoms with Crippen molar-refractivity contribution in [1.29, 1.82) is 0 Å². The number of hydrogen-bond acceptors (Lipinski definition) is 2. The minimum atomic E-state index is -1.58. The van der Waals surface area contributed by atoms with Gasteiger partial charge in [0.25, 0.3) is 5.91 Å². The lowest BCUT2D eigenvalue weighted by molar-refractivity contribution is 0.0746. The Bertz CT molecular complexity index is 538. The highest BCUT2D eigenvalue weighted by Crippen LogP contribution is 2.29. The number of hydrogen-bond donors (Lipinski definition) is 1. The second kappa shape index (κ2) is 5.78. The van der Waals surface area contributed by atoms with Crippen LogP contribution in [-0.4, -0.2) is 28.4 Å². The Kier molecular flexibility index (Phi) is 4.27. The first-order chi connectivity index (χ1) is 9.40. The van der Waals surface area contributed by atoms with Crippen molar-refractivity contribution in [3.05, 3.63) is 35.1 Å². The summed E-state index contributed by atoms with van der Waals surface area (Å²) in [7, 11) is 0. The minimum absolute atomic E-state index is 0.0352. The van der Waals surface area contributed by atoms with Gasteiger partial charge in [-0.1, -0.05) is 12.2 Å². The van der Waals surface area contributed by atoms with Gasteiger partial charge >= 0.3 is 0 Å². The zero-order chi connectivity index (χ0) is 14.9. The molecule has 0 heterocycles. The van der Waals surface area contributed by atoms with Gasteiger partial charge in [-0.2, -0.15) is 0 Å². The summed E-state index contributed by atoms with van der Waals surface area (Å²) in [4.78, 5) is 14.0. The van der Waals surface area contributed by atoms with Crippen molar-refractivity contribution in [1.82, 2.24) is 4.90 Å². The molecule has 0 aliphatic heterocycles. The Hall–Kier alpha value is -1.63. The second-order valence-corrected chi connectivity index (χ2v) is 5.22. The third-order valence-corrected chi connectivity index (χ3v) is 3.28. The maximum atomic E-state index is 13.2. The predicted molar refractivity (Wildman–Crippen MR) is 71.8 cm³/mol. The summed E-state index contributed by atoms with van der Waals surface area (Å²) < 4.78 is 39.2. The lowest BCUT2D eigenvalue weighted by Crippen LogP contribution is -2.35. The highest BCUT2D eigenvalue weighted by Gasteiger charge is 2.33. The number of halogens is 3. The van der Waals surface area contributed by atoms with Crippen LogP contribution < -0.4 is 5.73 Å². The molecule has 1 aliphatic rings. The van der Waals surface area contributed by atoms with E-state index < -0.39 is 23.4 Å². The average molecular weight is 302 g/mol. The fraction of sp³-hybridized carbons (Fsp3) is 0.385. The van der Waals surface area contributed by atoms with Crippen LogP contribution >= 0.6 is 12.2 Å². The zero-order valence-electron chi connectivity index (χ0n) is 10.5. The molecule has 0 unspecified atom stereocenters. The number of carbonyl (C=O) groups is 1. The summed E-state index contributed by atoms with van der Waals surface area (Å²) >= 11 is 4.75. The third kappa shape index (κ3) is 3.27. The number of amides is 1. The molecule has 1 fully saturated rings. The molecule has 0 saturated heterocycles. The van der Waals surface area contributed by atoms with Gasteiger partial charge in [-0.25, -0.2) is 13.2 Å². The average Bonchev–Trinajstić information content (AvgIpc) is 3.19. The molecule has 2 rings (SSSR count). The molecule has 1 aromatic rings. The fourth-order valence-corrected chi connectivity index (χ4v) is 2.00. The fourth-order valence-electron chi connectivity index (χ4n) is 1.91. The van der Waals surface area contributed by atoms with E-state index in [1.807, 2.05) is 0 Å². The highest BCUT2D eigenvalue weighted by molar-refractivity contribution is 7.80. The lowest BCUT2D eigenvalue weighted by atomic mass is 10.1. The van der Waals surface area contributed by atoms with Crippen molar-refractivity contribution in [3.8, 4) is 0 Å². The van der Waals surface area contributed by atoms with Crippen molar-refractivity contribution in [3.63, 3.8) is 0 Å². The number of carbonyl (C=O) groups excluding carboxylic acids is 1. The van der Waals surface area contributed by atoms with Crippen LogP contribution in [0.3, 0.4) is 0 Å². The van der Waals surface area contributed by atoms with Crippen LogP contribution in [0.2, 0.25) is 0 Å². The molecule has 0 atom stereocenters. The van der Waals surface area contributed by atoms with Gasteiger partial charge in [0.05, 0.1) is 4.99 Å². The highest BCUT2D eigenvalue weighted by atomic mass is 32.1. The molecule has 1 saturated carbocycles. The van der Waals surface area contributed by atoms with Gasteiger partial charge in [0, 0.05) is 24.6 Å². The molecule has 108 valence electrons. The molecule has 0 radical (unpaired) electrons. The van der Waals surface area contributed by atoms with E-state index in [-0.39, 0.29) is 16.6 Å². The Morgan fingerprint density at radius 1 is 1.30 bits per heavy atom. The molecule has 0 aromatic heterocycles. The maximum Gasteiger partial charge on any atom is 0.254 e. The SMILES string of the molecule is NC(=S)CCN(C(=O)c1cc(F)c(F)c(F)c1)C1CC1. The molecule has 1 aliphatic carbocycles. The summed E-state index contributed by atoms with van der Waals surface area (Å²) in [6.07, 6.45) is 1.99. The van der Waals surface area contributed by atoms with Gasteiger partial charge in [-0.15, -0.1) is 0 Å². The van der Waals surface area contributed by atoms with E-state index in [1.165, 1.54) is 4.90 Å². The molecule has 0 bridgehead atoms. The third-order valence-electron chi connectivity index (χ3n) is 3.08. The summed E-state index contributed by atoms with van der Waals surface area (Å²) in [5, 5.41) is 0. The van der Waals surface area contributed by atoms with Crippen molar-refractivity contribution in [2.75, 3.05) is 6.54 Å². The minimum Gasteiger partial charge on any atom is -0.393 e. The van der Waals surface area contributed by atoms with Crippen LogP contribution in [-0.2, 0) is 0 Å². The zero-order valence-corrected chi connectivity index (χ0v) is 11.4. The molecular weight excluding hydrogens is 289 g/mol. The monoisotopic (exact) mass is 302 g/mol. The van der Waals surface area contributed by atoms with E-state index in [9.17, 15) is 18.0 Å². The van der Waals surface area contributed by atoms with Gasteiger partial charge in [0.1, 0.15) is 0 Å². The van der Waals surface area contributed by atoms with Gasteiger partial charge < -0.3 is 10.6 Å². The van der Waals surface area contributed by atoms with Gasteiger partial charge in [-0.05, 0) is 25.0 Å². The van der Waals surface area contributed by atoms with E-state index in [0.29, 0.717) is 25.1 Å². The Morgan fingerprint density at radius 2 is 1.85 bits per heavy atom. The molecule has 20 heavy (non-hydrogen) atoms. The lowest BCUT2D eigenvalue weighted by Gasteiger charge is -2.22. The van der Waals surface area contributed by atoms with E-state index in [2.05, 4.69) is 0 Å². The first kappa shape index (κ1) is 14.8. The Balaban J connectivity index is 2.21. The largest absolute Gasteiger partial charge is 0.393 e. The van der Waals surface area contributed by atoms with Crippen molar-refractivity contribution < 1.29 is 18.0 Å². The second-order valence-electron chi connectivity index (χ2n) is 4.70. The van der Waals surface area contributed by atoms with Crippen molar-refractivity contribution >= 4 is 23.1 Å². The molecule has 7 heteroatoms. The van der Waals surface area contributed by atoms with E-state index in [4.69, 9.17) is 18.0 Å². The molecule has 2 N–H and O–H groups in total. The van der Waals surface area contributed by atoms with Crippen molar-refractivity contribution in [2.45, 2.75) is 25.3 Å². The number of nitrogens with two attached hydrogens (primary N) is 1. The van der Waals surface area contributed by atoms with Crippen molar-refractivity contribution in [2.24, 2.45) is 5.73 Å². The van der Waals surface area contributed by atoms with Gasteiger partial charge in [0.2, 0.25) is 0 Å². The van der Waals surface area contributed by atoms with Gasteiger partial charge in [0.15, 0.2) is 17.5 Å². The van der Waals surface area contributed by atoms with E-state index in [0.717, 1.165) is 12.8 Å². The normalized spacial score (nSPS) is 14.2. The summed E-state index contributed by atoms with van der Waals surface area (Å²) in [6, 6.07) is 1.45. The number of benzene rings is 1. The summed E-state index contributed by atoms with van der Waals surface area (Å²) in [5.41, 5.74) is 5.18. The number of thiocarbonyl (C=S) groups is 1. The first-order valence-corrected chi connectivity index (χ1v) is 6.54. The Labute approximate surface area is 119 Å². The molecule has 1 amide bonds. The predicted octanol–water partition coefficient (Wildman–Crippen LogP) is 2.38. The number of rotatable bonds is 5. The smallest absolute Gasteiger partial charge is 0.254 e. The van der Waals surface area contributed by atoms with E-state index in [1.54, 1.807) is 0 Å². The standard InChI is InChI=1S/C13H13F3N2OS/c14-9-5-7(6-10(15)12(9)16)13(19)18(8-1-2-8)4-3-11(17)20/h5-6,8H,1-4H2,(H2,17,20). The van der Waals surface area contributed by atoms with Crippen LogP contribution in [0.5, 0.6) is 0 Å². The molecular formula is C13H13F3N2OS. The summed E-state index contributed by atoms with van der Waals surface area (Å²) in [5.74, 6) is -4.87. The molecule has 3 nitrogen and oxygen atoms in total. The van der Waals surface area contributed by atoms with Crippen LogP contribution in [0, 0.1) is 17.5 Å². The van der Waals surface area contributed by atoms with E-state index >= 15 is 0 Å². The number of nitrogens with zero attached hydrogens (tertiary/aromatic N) is 1. The first-order valence-electron chi connectivity index (χ1n) is 6.14. The quantitative estimate of drug-likeness (QED) is 0.671. The van der Waals surface area contributed by atoms with Crippen LogP contribution in [0.25, 0.3) is 0 Å². The Morgan fingerprint density at radius 3 is 2.30 bits per heavy atom. The van der Waals surface area contributed by atoms with Crippen LogP contribution in [0.1, 0.15) is 29.6 Å². The molecule has 0 spiro atoms. The van der Waals surface area contributed by atoms with Crippen LogP contribution in [0.15, 0.2) is 12.1 Å². The van der Waals surface area contributed by atoms with Gasteiger partial charge in [-0.3, -0.25) is 4.79 Å². The van der Waals surface area contributed by atoms with Crippen LogP contribution in [0.4, 0.5) is 13.2 Å².